The summed E-state index contributed by atoms with van der Waals surface area (Å²) >= 11 is 1.61. The Morgan fingerprint density at radius 2 is 2.33 bits per heavy atom. The maximum absolute atomic E-state index is 12.0. The molecule has 0 aliphatic rings. The van der Waals surface area contributed by atoms with Crippen LogP contribution >= 0.6 is 11.3 Å². The van der Waals surface area contributed by atoms with Crippen LogP contribution in [0.3, 0.4) is 0 Å². The number of carbonyl (C=O) groups is 1. The molecule has 1 amide bonds. The number of carbonyl (C=O) groups excluding carboxylic acids is 1. The van der Waals surface area contributed by atoms with Gasteiger partial charge in [-0.05, 0) is 11.4 Å². The van der Waals surface area contributed by atoms with Crippen LogP contribution in [0.15, 0.2) is 29.9 Å². The largest absolute Gasteiger partial charge is 0.335 e. The molecule has 18 heavy (non-hydrogen) atoms. The van der Waals surface area contributed by atoms with Gasteiger partial charge in [-0.3, -0.25) is 4.79 Å². The number of anilines is 1. The summed E-state index contributed by atoms with van der Waals surface area (Å²) in [5.74, 6) is 5.44. The maximum Gasteiger partial charge on any atom is 0.274 e. The average Bonchev–Trinajstić information content (AvgIpc) is 2.91. The number of nitrogen functional groups attached to an aromatic ring is 1. The predicted molar refractivity (Wildman–Crippen MR) is 70.0 cm³/mol. The molecule has 7 heteroatoms. The zero-order valence-electron chi connectivity index (χ0n) is 9.83. The number of thiophene rings is 1. The van der Waals surface area contributed by atoms with Crippen LogP contribution in [0.25, 0.3) is 0 Å². The molecule has 0 saturated heterocycles. The Hall–Kier alpha value is -1.99. The van der Waals surface area contributed by atoms with Gasteiger partial charge in [0.15, 0.2) is 5.82 Å². The molecule has 0 atom stereocenters. The molecule has 6 nitrogen and oxygen atoms in total. The van der Waals surface area contributed by atoms with E-state index in [1.807, 2.05) is 17.5 Å². The Morgan fingerprint density at radius 1 is 1.50 bits per heavy atom. The number of aromatic nitrogens is 2. The van der Waals surface area contributed by atoms with Crippen LogP contribution in [-0.4, -0.2) is 27.8 Å². The lowest BCUT2D eigenvalue weighted by molar-refractivity contribution is 0.0780. The molecule has 3 N–H and O–H groups in total. The maximum atomic E-state index is 12.0. The molecule has 0 bridgehead atoms. The topological polar surface area (TPSA) is 84.1 Å². The lowest BCUT2D eigenvalue weighted by Gasteiger charge is -2.15. The van der Waals surface area contributed by atoms with Crippen LogP contribution in [0.5, 0.6) is 0 Å². The van der Waals surface area contributed by atoms with Crippen LogP contribution in [0.2, 0.25) is 0 Å². The fourth-order valence-electron chi connectivity index (χ4n) is 1.42. The van der Waals surface area contributed by atoms with Crippen molar-refractivity contribution in [2.45, 2.75) is 6.54 Å². The number of nitrogens with two attached hydrogens (primary N) is 1. The van der Waals surface area contributed by atoms with Gasteiger partial charge in [0.2, 0.25) is 0 Å². The van der Waals surface area contributed by atoms with E-state index in [4.69, 9.17) is 5.84 Å². The normalized spacial score (nSPS) is 10.1. The average molecular weight is 263 g/mol. The quantitative estimate of drug-likeness (QED) is 0.637. The summed E-state index contributed by atoms with van der Waals surface area (Å²) in [5, 5.41) is 1.98. The van der Waals surface area contributed by atoms with Crippen LogP contribution in [-0.2, 0) is 6.54 Å². The van der Waals surface area contributed by atoms with Crippen LogP contribution in [0.4, 0.5) is 5.82 Å². The number of rotatable bonds is 4. The van der Waals surface area contributed by atoms with Gasteiger partial charge in [-0.2, -0.15) is 0 Å². The smallest absolute Gasteiger partial charge is 0.274 e. The van der Waals surface area contributed by atoms with Gasteiger partial charge >= 0.3 is 0 Å². The zero-order valence-corrected chi connectivity index (χ0v) is 10.6. The molecule has 0 saturated carbocycles. The van der Waals surface area contributed by atoms with E-state index in [1.54, 1.807) is 23.3 Å². The third-order valence-electron chi connectivity index (χ3n) is 2.34. The zero-order chi connectivity index (χ0) is 13.0. The SMILES string of the molecule is CN(Cc1cccs1)C(=O)c1cnc(NN)cn1. The number of nitrogens with zero attached hydrogens (tertiary/aromatic N) is 3. The van der Waals surface area contributed by atoms with Gasteiger partial charge in [0, 0.05) is 11.9 Å². The van der Waals surface area contributed by atoms with E-state index in [9.17, 15) is 4.79 Å². The van der Waals surface area contributed by atoms with Gasteiger partial charge in [-0.25, -0.2) is 15.8 Å². The van der Waals surface area contributed by atoms with E-state index >= 15 is 0 Å². The highest BCUT2D eigenvalue weighted by atomic mass is 32.1. The number of nitrogens with one attached hydrogen (secondary N) is 1. The molecule has 0 unspecified atom stereocenters. The minimum absolute atomic E-state index is 0.167. The lowest BCUT2D eigenvalue weighted by Crippen LogP contribution is -2.27. The molecule has 0 aliphatic carbocycles. The van der Waals surface area contributed by atoms with Gasteiger partial charge in [-0.1, -0.05) is 6.07 Å². The van der Waals surface area contributed by atoms with E-state index in [1.165, 1.54) is 12.4 Å². The number of hydrazine groups is 1. The first-order valence-electron chi connectivity index (χ1n) is 5.27. The Bertz CT molecular complexity index is 511. The highest BCUT2D eigenvalue weighted by molar-refractivity contribution is 7.09. The van der Waals surface area contributed by atoms with Gasteiger partial charge in [0.05, 0.1) is 18.9 Å². The number of hydrogen-bond donors (Lipinski definition) is 2. The summed E-state index contributed by atoms with van der Waals surface area (Å²) in [7, 11) is 1.73. The molecule has 2 aromatic heterocycles. The van der Waals surface area contributed by atoms with Crippen molar-refractivity contribution in [1.29, 1.82) is 0 Å². The van der Waals surface area contributed by atoms with Crippen LogP contribution < -0.4 is 11.3 Å². The Morgan fingerprint density at radius 3 is 2.89 bits per heavy atom. The Kier molecular flexibility index (Phi) is 3.85. The third kappa shape index (κ3) is 2.82. The van der Waals surface area contributed by atoms with Crippen molar-refractivity contribution in [3.05, 3.63) is 40.5 Å². The van der Waals surface area contributed by atoms with Gasteiger partial charge in [0.25, 0.3) is 5.91 Å². The molecule has 0 aliphatic heterocycles. The first-order chi connectivity index (χ1) is 8.70. The highest BCUT2D eigenvalue weighted by Gasteiger charge is 2.14. The Balaban J connectivity index is 2.05. The monoisotopic (exact) mass is 263 g/mol. The van der Waals surface area contributed by atoms with E-state index in [0.29, 0.717) is 18.1 Å². The molecule has 0 fully saturated rings. The molecule has 0 aromatic carbocycles. The van der Waals surface area contributed by atoms with E-state index < -0.39 is 0 Å². The third-order valence-corrected chi connectivity index (χ3v) is 3.20. The summed E-state index contributed by atoms with van der Waals surface area (Å²) in [6, 6.07) is 3.95. The van der Waals surface area contributed by atoms with E-state index in [0.717, 1.165) is 4.88 Å². The van der Waals surface area contributed by atoms with Gasteiger partial charge < -0.3 is 10.3 Å². The fourth-order valence-corrected chi connectivity index (χ4v) is 2.17. The molecule has 2 aromatic rings. The molecule has 2 rings (SSSR count). The summed E-state index contributed by atoms with van der Waals surface area (Å²) in [4.78, 5) is 22.7. The highest BCUT2D eigenvalue weighted by Crippen LogP contribution is 2.12. The van der Waals surface area contributed by atoms with Crippen molar-refractivity contribution in [2.75, 3.05) is 12.5 Å². The summed E-state index contributed by atoms with van der Waals surface area (Å²) in [6.45, 7) is 0.565. The second kappa shape index (κ2) is 5.56. The first kappa shape index (κ1) is 12.5. The van der Waals surface area contributed by atoms with Crippen molar-refractivity contribution >= 4 is 23.1 Å². The molecular weight excluding hydrogens is 250 g/mol. The first-order valence-corrected chi connectivity index (χ1v) is 6.15. The van der Waals surface area contributed by atoms with Crippen molar-refractivity contribution < 1.29 is 4.79 Å². The predicted octanol–water partition coefficient (Wildman–Crippen LogP) is 1.10. The van der Waals surface area contributed by atoms with Crippen molar-refractivity contribution in [2.24, 2.45) is 5.84 Å². The van der Waals surface area contributed by atoms with Gasteiger partial charge in [-0.15, -0.1) is 11.3 Å². The van der Waals surface area contributed by atoms with E-state index in [-0.39, 0.29) is 5.91 Å². The molecule has 2 heterocycles. The second-order valence-electron chi connectivity index (χ2n) is 3.67. The van der Waals surface area contributed by atoms with E-state index in [2.05, 4.69) is 15.4 Å². The minimum Gasteiger partial charge on any atom is -0.335 e. The molecular formula is C11H13N5OS. The standard InChI is InChI=1S/C11H13N5OS/c1-16(7-8-3-2-4-18-8)11(17)9-5-14-10(15-12)6-13-9/h2-6H,7,12H2,1H3,(H,14,15). The summed E-state index contributed by atoms with van der Waals surface area (Å²) in [6.07, 6.45) is 2.83. The summed E-state index contributed by atoms with van der Waals surface area (Å²) in [5.41, 5.74) is 2.66. The minimum atomic E-state index is -0.167. The summed E-state index contributed by atoms with van der Waals surface area (Å²) < 4.78 is 0. The molecule has 0 radical (unpaired) electrons. The van der Waals surface area contributed by atoms with Gasteiger partial charge in [0.1, 0.15) is 5.69 Å². The number of hydrogen-bond acceptors (Lipinski definition) is 6. The van der Waals surface area contributed by atoms with Crippen molar-refractivity contribution in [3.8, 4) is 0 Å². The second-order valence-corrected chi connectivity index (χ2v) is 4.70. The fraction of sp³-hybridized carbons (Fsp3) is 0.182. The molecule has 94 valence electrons. The lowest BCUT2D eigenvalue weighted by atomic mass is 10.3. The number of amides is 1. The van der Waals surface area contributed by atoms with Crippen LogP contribution in [0, 0.1) is 0 Å². The van der Waals surface area contributed by atoms with Crippen molar-refractivity contribution in [1.82, 2.24) is 14.9 Å². The Labute approximate surface area is 108 Å². The van der Waals surface area contributed by atoms with Crippen molar-refractivity contribution in [3.63, 3.8) is 0 Å². The van der Waals surface area contributed by atoms with Crippen LogP contribution in [0.1, 0.15) is 15.4 Å². The molecule has 0 spiro atoms.